The van der Waals surface area contributed by atoms with Crippen LogP contribution in [0.4, 0.5) is 0 Å². The smallest absolute Gasteiger partial charge is 0.159 e. The second-order valence-corrected chi connectivity index (χ2v) is 4.43. The molecule has 0 saturated carbocycles. The molecule has 0 aromatic heterocycles. The minimum atomic E-state index is 0.146. The van der Waals surface area contributed by atoms with Crippen molar-refractivity contribution in [3.63, 3.8) is 0 Å². The highest BCUT2D eigenvalue weighted by molar-refractivity contribution is 5.94. The maximum Gasteiger partial charge on any atom is 0.159 e. The Labute approximate surface area is 98.9 Å². The number of ketones is 1. The molecule has 0 fully saturated rings. The van der Waals surface area contributed by atoms with E-state index < -0.39 is 0 Å². The third-order valence-electron chi connectivity index (χ3n) is 3.19. The molecule has 0 heterocycles. The number of unbranched alkanes of at least 4 members (excludes halogenated alkanes) is 1. The molecule has 88 valence electrons. The van der Waals surface area contributed by atoms with Crippen LogP contribution in [0.2, 0.25) is 0 Å². The lowest BCUT2D eigenvalue weighted by Gasteiger charge is -2.15. The topological polar surface area (TPSA) is 17.1 Å². The van der Waals surface area contributed by atoms with Gasteiger partial charge in [-0.1, -0.05) is 51.0 Å². The minimum absolute atomic E-state index is 0.146. The van der Waals surface area contributed by atoms with Crippen LogP contribution >= 0.6 is 0 Å². The van der Waals surface area contributed by atoms with Crippen LogP contribution in [-0.2, 0) is 0 Å². The molecule has 0 aliphatic carbocycles. The summed E-state index contributed by atoms with van der Waals surface area (Å²) in [6, 6.07) is 8.12. The van der Waals surface area contributed by atoms with Crippen molar-refractivity contribution in [2.75, 3.05) is 0 Å². The summed E-state index contributed by atoms with van der Waals surface area (Å²) in [6.07, 6.45) is 4.97. The summed E-state index contributed by atoms with van der Waals surface area (Å²) in [5, 5.41) is 0. The van der Waals surface area contributed by atoms with Crippen LogP contribution in [0.1, 0.15) is 68.3 Å². The van der Waals surface area contributed by atoms with Crippen LogP contribution in [0.5, 0.6) is 0 Å². The van der Waals surface area contributed by atoms with E-state index in [2.05, 4.69) is 26.0 Å². The van der Waals surface area contributed by atoms with E-state index in [0.717, 1.165) is 5.56 Å². The third kappa shape index (κ3) is 3.48. The van der Waals surface area contributed by atoms with Crippen molar-refractivity contribution < 1.29 is 4.79 Å². The molecule has 1 heteroatoms. The van der Waals surface area contributed by atoms with Crippen LogP contribution < -0.4 is 0 Å². The Morgan fingerprint density at radius 1 is 1.19 bits per heavy atom. The van der Waals surface area contributed by atoms with Crippen LogP contribution in [0, 0.1) is 0 Å². The Morgan fingerprint density at radius 3 is 2.25 bits per heavy atom. The van der Waals surface area contributed by atoms with E-state index in [-0.39, 0.29) is 5.78 Å². The van der Waals surface area contributed by atoms with Crippen LogP contribution in [0.15, 0.2) is 24.3 Å². The van der Waals surface area contributed by atoms with E-state index in [1.807, 2.05) is 12.1 Å². The average Bonchev–Trinajstić information content (AvgIpc) is 2.30. The van der Waals surface area contributed by atoms with Gasteiger partial charge >= 0.3 is 0 Å². The molecule has 1 atom stereocenters. The fraction of sp³-hybridized carbons (Fsp3) is 0.533. The van der Waals surface area contributed by atoms with Crippen LogP contribution in [0.25, 0.3) is 0 Å². The molecule has 0 amide bonds. The second kappa shape index (κ2) is 6.47. The molecule has 1 rings (SSSR count). The molecule has 1 aromatic carbocycles. The van der Waals surface area contributed by atoms with Gasteiger partial charge in [0.25, 0.3) is 0 Å². The van der Waals surface area contributed by atoms with Gasteiger partial charge in [-0.3, -0.25) is 4.79 Å². The zero-order chi connectivity index (χ0) is 12.0. The molecule has 1 aromatic rings. The average molecular weight is 218 g/mol. The summed E-state index contributed by atoms with van der Waals surface area (Å²) in [6.45, 7) is 6.08. The molecular formula is C15H22O. The zero-order valence-corrected chi connectivity index (χ0v) is 10.6. The molecule has 0 aliphatic heterocycles. The SMILES string of the molecule is CCCCC(CC)c1ccc(C(C)=O)cc1. The maximum atomic E-state index is 11.2. The van der Waals surface area contributed by atoms with E-state index in [1.165, 1.54) is 31.2 Å². The molecular weight excluding hydrogens is 196 g/mol. The fourth-order valence-corrected chi connectivity index (χ4v) is 2.05. The van der Waals surface area contributed by atoms with E-state index in [0.29, 0.717) is 5.92 Å². The van der Waals surface area contributed by atoms with Crippen molar-refractivity contribution >= 4 is 5.78 Å². The van der Waals surface area contributed by atoms with E-state index in [1.54, 1.807) is 6.92 Å². The highest BCUT2D eigenvalue weighted by Gasteiger charge is 2.09. The highest BCUT2D eigenvalue weighted by atomic mass is 16.1. The van der Waals surface area contributed by atoms with Crippen molar-refractivity contribution in [3.05, 3.63) is 35.4 Å². The standard InChI is InChI=1S/C15H22O/c1-4-6-7-13(5-2)15-10-8-14(9-11-15)12(3)16/h8-11,13H,4-7H2,1-3H3. The zero-order valence-electron chi connectivity index (χ0n) is 10.6. The van der Waals surface area contributed by atoms with E-state index in [4.69, 9.17) is 0 Å². The summed E-state index contributed by atoms with van der Waals surface area (Å²) < 4.78 is 0. The first-order chi connectivity index (χ1) is 7.69. The predicted molar refractivity (Wildman–Crippen MR) is 69.0 cm³/mol. The van der Waals surface area contributed by atoms with Gasteiger partial charge in [0.05, 0.1) is 0 Å². The van der Waals surface area contributed by atoms with Crippen LogP contribution in [-0.4, -0.2) is 5.78 Å². The van der Waals surface area contributed by atoms with Crippen LogP contribution in [0.3, 0.4) is 0 Å². The van der Waals surface area contributed by atoms with Gasteiger partial charge in [-0.15, -0.1) is 0 Å². The summed E-state index contributed by atoms with van der Waals surface area (Å²) in [4.78, 5) is 11.2. The highest BCUT2D eigenvalue weighted by Crippen LogP contribution is 2.25. The molecule has 0 bridgehead atoms. The van der Waals surface area contributed by atoms with Gasteiger partial charge in [-0.2, -0.15) is 0 Å². The minimum Gasteiger partial charge on any atom is -0.295 e. The number of hydrogen-bond donors (Lipinski definition) is 0. The first kappa shape index (κ1) is 13.0. The number of carbonyl (C=O) groups is 1. The van der Waals surface area contributed by atoms with Crippen molar-refractivity contribution in [2.45, 2.75) is 52.4 Å². The molecule has 0 saturated heterocycles. The van der Waals surface area contributed by atoms with Crippen molar-refractivity contribution in [1.82, 2.24) is 0 Å². The van der Waals surface area contributed by atoms with Gasteiger partial charge in [0.15, 0.2) is 5.78 Å². The Morgan fingerprint density at radius 2 is 1.81 bits per heavy atom. The van der Waals surface area contributed by atoms with Gasteiger partial charge in [-0.25, -0.2) is 0 Å². The summed E-state index contributed by atoms with van der Waals surface area (Å²) in [5.41, 5.74) is 2.19. The summed E-state index contributed by atoms with van der Waals surface area (Å²) >= 11 is 0. The number of hydrogen-bond acceptors (Lipinski definition) is 1. The summed E-state index contributed by atoms with van der Waals surface area (Å²) in [7, 11) is 0. The van der Waals surface area contributed by atoms with Crippen molar-refractivity contribution in [2.24, 2.45) is 0 Å². The Kier molecular flexibility index (Phi) is 5.24. The Bertz CT molecular complexity index is 324. The van der Waals surface area contributed by atoms with E-state index in [9.17, 15) is 4.79 Å². The molecule has 0 radical (unpaired) electrons. The molecule has 1 unspecified atom stereocenters. The lowest BCUT2D eigenvalue weighted by molar-refractivity contribution is 0.101. The second-order valence-electron chi connectivity index (χ2n) is 4.43. The molecule has 1 nitrogen and oxygen atoms in total. The van der Waals surface area contributed by atoms with Crippen molar-refractivity contribution in [1.29, 1.82) is 0 Å². The molecule has 0 spiro atoms. The van der Waals surface area contributed by atoms with E-state index >= 15 is 0 Å². The Balaban J connectivity index is 2.74. The van der Waals surface area contributed by atoms with Gasteiger partial charge in [0, 0.05) is 5.56 Å². The summed E-state index contributed by atoms with van der Waals surface area (Å²) in [5.74, 6) is 0.800. The lowest BCUT2D eigenvalue weighted by atomic mass is 9.90. The first-order valence-corrected chi connectivity index (χ1v) is 6.29. The predicted octanol–water partition coefficient (Wildman–Crippen LogP) is 4.57. The number of carbonyl (C=O) groups excluding carboxylic acids is 1. The first-order valence-electron chi connectivity index (χ1n) is 6.29. The molecule has 16 heavy (non-hydrogen) atoms. The largest absolute Gasteiger partial charge is 0.295 e. The Hall–Kier alpha value is -1.11. The number of Topliss-reactive ketones (excluding diaryl/α,β-unsaturated/α-hetero) is 1. The maximum absolute atomic E-state index is 11.2. The normalized spacial score (nSPS) is 12.4. The van der Waals surface area contributed by atoms with Gasteiger partial charge in [-0.05, 0) is 31.2 Å². The van der Waals surface area contributed by atoms with Gasteiger partial charge in [0.2, 0.25) is 0 Å². The number of rotatable bonds is 6. The lowest BCUT2D eigenvalue weighted by Crippen LogP contribution is -1.99. The monoisotopic (exact) mass is 218 g/mol. The quantitative estimate of drug-likeness (QED) is 0.639. The van der Waals surface area contributed by atoms with Crippen molar-refractivity contribution in [3.8, 4) is 0 Å². The third-order valence-corrected chi connectivity index (χ3v) is 3.19. The molecule has 0 aliphatic rings. The molecule has 0 N–H and O–H groups in total. The number of benzene rings is 1. The fourth-order valence-electron chi connectivity index (χ4n) is 2.05. The van der Waals surface area contributed by atoms with Gasteiger partial charge in [0.1, 0.15) is 0 Å². The van der Waals surface area contributed by atoms with Gasteiger partial charge < -0.3 is 0 Å².